The van der Waals surface area contributed by atoms with Crippen LogP contribution in [0.2, 0.25) is 0 Å². The second-order valence-electron chi connectivity index (χ2n) is 8.07. The van der Waals surface area contributed by atoms with Crippen molar-refractivity contribution in [1.29, 1.82) is 0 Å². The van der Waals surface area contributed by atoms with Crippen molar-refractivity contribution < 1.29 is 15.0 Å². The molecule has 2 fully saturated rings. The normalized spacial score (nSPS) is 21.7. The monoisotopic (exact) mass is 346 g/mol. The van der Waals surface area contributed by atoms with Gasteiger partial charge >= 0.3 is 0 Å². The Morgan fingerprint density at radius 3 is 1.76 bits per heavy atom. The van der Waals surface area contributed by atoms with Crippen LogP contribution in [-0.2, 0) is 6.54 Å². The standard InChI is InChI=1S/C20H30N2O3/c21-18(23)17-7-5-16(6-8-17)13-22(14-19(24)9-1-2-10-19)15-20(25)11-3-4-12-20/h5-8,24-25H,1-4,9-15H2,(H2,21,23). The molecule has 1 aromatic rings. The topological polar surface area (TPSA) is 86.8 Å². The Kier molecular flexibility index (Phi) is 5.46. The fourth-order valence-electron chi connectivity index (χ4n) is 4.42. The molecule has 5 nitrogen and oxygen atoms in total. The molecule has 0 radical (unpaired) electrons. The number of hydrogen-bond acceptors (Lipinski definition) is 4. The number of nitrogens with zero attached hydrogens (tertiary/aromatic N) is 1. The zero-order valence-corrected chi connectivity index (χ0v) is 14.9. The van der Waals surface area contributed by atoms with Gasteiger partial charge in [-0.25, -0.2) is 0 Å². The molecule has 1 amide bonds. The van der Waals surface area contributed by atoms with E-state index < -0.39 is 17.1 Å². The highest BCUT2D eigenvalue weighted by molar-refractivity contribution is 5.92. The van der Waals surface area contributed by atoms with Gasteiger partial charge in [0.15, 0.2) is 0 Å². The maximum absolute atomic E-state index is 11.2. The van der Waals surface area contributed by atoms with Gasteiger partial charge in [0.05, 0.1) is 11.2 Å². The number of aliphatic hydroxyl groups is 2. The van der Waals surface area contributed by atoms with Gasteiger partial charge in [-0.2, -0.15) is 0 Å². The first-order valence-corrected chi connectivity index (χ1v) is 9.43. The lowest BCUT2D eigenvalue weighted by Gasteiger charge is -2.36. The number of rotatable bonds is 7. The molecule has 2 aliphatic carbocycles. The predicted octanol–water partition coefficient (Wildman–Crippen LogP) is 2.20. The first-order chi connectivity index (χ1) is 11.9. The number of carbonyl (C=O) groups excluding carboxylic acids is 1. The van der Waals surface area contributed by atoms with Crippen LogP contribution in [0.15, 0.2) is 24.3 Å². The van der Waals surface area contributed by atoms with Crippen molar-refractivity contribution in [2.24, 2.45) is 5.73 Å². The van der Waals surface area contributed by atoms with Crippen molar-refractivity contribution in [3.8, 4) is 0 Å². The quantitative estimate of drug-likeness (QED) is 0.706. The summed E-state index contributed by atoms with van der Waals surface area (Å²) < 4.78 is 0. The maximum atomic E-state index is 11.2. The van der Waals surface area contributed by atoms with Crippen molar-refractivity contribution in [3.05, 3.63) is 35.4 Å². The van der Waals surface area contributed by atoms with E-state index >= 15 is 0 Å². The molecule has 0 bridgehead atoms. The first kappa shape index (κ1) is 18.4. The third-order valence-corrected chi connectivity index (χ3v) is 5.75. The average Bonchev–Trinajstić information content (AvgIpc) is 3.16. The molecule has 0 saturated heterocycles. The summed E-state index contributed by atoms with van der Waals surface area (Å²) in [5, 5.41) is 21.7. The Morgan fingerprint density at radius 1 is 0.920 bits per heavy atom. The van der Waals surface area contributed by atoms with Gasteiger partial charge in [0.25, 0.3) is 0 Å². The second-order valence-corrected chi connectivity index (χ2v) is 8.07. The molecule has 0 unspecified atom stereocenters. The summed E-state index contributed by atoms with van der Waals surface area (Å²) in [7, 11) is 0. The largest absolute Gasteiger partial charge is 0.389 e. The van der Waals surface area contributed by atoms with Crippen LogP contribution in [-0.4, -0.2) is 45.3 Å². The Bertz CT molecular complexity index is 563. The lowest BCUT2D eigenvalue weighted by atomic mass is 9.97. The van der Waals surface area contributed by atoms with Crippen molar-refractivity contribution in [2.45, 2.75) is 69.1 Å². The van der Waals surface area contributed by atoms with Gasteiger partial charge in [0.1, 0.15) is 0 Å². The Morgan fingerprint density at radius 2 is 1.36 bits per heavy atom. The van der Waals surface area contributed by atoms with Crippen LogP contribution in [0.4, 0.5) is 0 Å². The third-order valence-electron chi connectivity index (χ3n) is 5.75. The molecule has 0 aliphatic heterocycles. The molecule has 0 spiro atoms. The molecular formula is C20H30N2O3. The van der Waals surface area contributed by atoms with Crippen molar-refractivity contribution >= 4 is 5.91 Å². The molecule has 3 rings (SSSR count). The Hall–Kier alpha value is -1.43. The van der Waals surface area contributed by atoms with Crippen molar-refractivity contribution in [2.75, 3.05) is 13.1 Å². The van der Waals surface area contributed by atoms with E-state index in [0.29, 0.717) is 25.2 Å². The van der Waals surface area contributed by atoms with Gasteiger partial charge in [-0.05, 0) is 43.4 Å². The summed E-state index contributed by atoms with van der Waals surface area (Å²) >= 11 is 0. The molecule has 0 heterocycles. The van der Waals surface area contributed by atoms with E-state index in [9.17, 15) is 15.0 Å². The van der Waals surface area contributed by atoms with Crippen molar-refractivity contribution in [3.63, 3.8) is 0 Å². The first-order valence-electron chi connectivity index (χ1n) is 9.43. The SMILES string of the molecule is NC(=O)c1ccc(CN(CC2(O)CCCC2)CC2(O)CCCC2)cc1. The van der Waals surface area contributed by atoms with E-state index in [1.807, 2.05) is 12.1 Å². The molecule has 2 aliphatic rings. The number of hydrogen-bond donors (Lipinski definition) is 3. The van der Waals surface area contributed by atoms with E-state index in [-0.39, 0.29) is 0 Å². The molecule has 4 N–H and O–H groups in total. The van der Waals surface area contributed by atoms with E-state index in [4.69, 9.17) is 5.73 Å². The number of primary amides is 1. The summed E-state index contributed by atoms with van der Waals surface area (Å²) in [6.45, 7) is 1.84. The predicted molar refractivity (Wildman–Crippen MR) is 97.1 cm³/mol. The van der Waals surface area contributed by atoms with E-state index in [1.54, 1.807) is 12.1 Å². The Balaban J connectivity index is 1.71. The van der Waals surface area contributed by atoms with Gasteiger partial charge in [0, 0.05) is 25.2 Å². The highest BCUT2D eigenvalue weighted by Gasteiger charge is 2.37. The number of carbonyl (C=O) groups is 1. The summed E-state index contributed by atoms with van der Waals surface area (Å²) in [6, 6.07) is 7.30. The van der Waals surface area contributed by atoms with Crippen LogP contribution in [0.3, 0.4) is 0 Å². The lowest BCUT2D eigenvalue weighted by molar-refractivity contribution is -0.0359. The molecule has 0 aromatic heterocycles. The van der Waals surface area contributed by atoms with Gasteiger partial charge < -0.3 is 15.9 Å². The van der Waals surface area contributed by atoms with Crippen LogP contribution in [0.25, 0.3) is 0 Å². The molecular weight excluding hydrogens is 316 g/mol. The number of amides is 1. The Labute approximate surface area is 149 Å². The maximum Gasteiger partial charge on any atom is 0.248 e. The van der Waals surface area contributed by atoms with Gasteiger partial charge in [-0.3, -0.25) is 9.69 Å². The summed E-state index contributed by atoms with van der Waals surface area (Å²) in [5.41, 5.74) is 5.59. The third kappa shape index (κ3) is 4.81. The highest BCUT2D eigenvalue weighted by atomic mass is 16.3. The van der Waals surface area contributed by atoms with E-state index in [2.05, 4.69) is 4.90 Å². The molecule has 25 heavy (non-hydrogen) atoms. The van der Waals surface area contributed by atoms with Crippen LogP contribution in [0.1, 0.15) is 67.3 Å². The number of nitrogens with two attached hydrogens (primary N) is 1. The van der Waals surface area contributed by atoms with Gasteiger partial charge in [0.2, 0.25) is 5.91 Å². The van der Waals surface area contributed by atoms with E-state index in [1.165, 1.54) is 0 Å². The molecule has 2 saturated carbocycles. The van der Waals surface area contributed by atoms with E-state index in [0.717, 1.165) is 56.9 Å². The van der Waals surface area contributed by atoms with Crippen LogP contribution < -0.4 is 5.73 Å². The van der Waals surface area contributed by atoms with Crippen LogP contribution in [0.5, 0.6) is 0 Å². The summed E-state index contributed by atoms with van der Waals surface area (Å²) in [4.78, 5) is 13.4. The molecule has 1 aromatic carbocycles. The summed E-state index contributed by atoms with van der Waals surface area (Å²) in [5.74, 6) is -0.427. The number of benzene rings is 1. The minimum atomic E-state index is -0.637. The van der Waals surface area contributed by atoms with Gasteiger partial charge in [-0.15, -0.1) is 0 Å². The zero-order chi connectivity index (χ0) is 17.9. The smallest absolute Gasteiger partial charge is 0.248 e. The average molecular weight is 346 g/mol. The fourth-order valence-corrected chi connectivity index (χ4v) is 4.42. The molecule has 138 valence electrons. The second kappa shape index (κ2) is 7.44. The van der Waals surface area contributed by atoms with Crippen molar-refractivity contribution in [1.82, 2.24) is 4.90 Å². The van der Waals surface area contributed by atoms with Crippen LogP contribution in [0, 0.1) is 0 Å². The fraction of sp³-hybridized carbons (Fsp3) is 0.650. The lowest BCUT2D eigenvalue weighted by Crippen LogP contribution is -2.47. The van der Waals surface area contributed by atoms with Crippen LogP contribution >= 0.6 is 0 Å². The highest BCUT2D eigenvalue weighted by Crippen LogP contribution is 2.34. The zero-order valence-electron chi connectivity index (χ0n) is 14.9. The summed E-state index contributed by atoms with van der Waals surface area (Å²) in [6.07, 6.45) is 7.63. The van der Waals surface area contributed by atoms with Gasteiger partial charge in [-0.1, -0.05) is 37.8 Å². The molecule has 0 atom stereocenters. The minimum Gasteiger partial charge on any atom is -0.389 e. The minimum absolute atomic E-state index is 0.427. The molecule has 5 heteroatoms.